The van der Waals surface area contributed by atoms with E-state index >= 15 is 0 Å². The highest BCUT2D eigenvalue weighted by Gasteiger charge is 2.22. The summed E-state index contributed by atoms with van der Waals surface area (Å²) in [6.45, 7) is 1.93. The van der Waals surface area contributed by atoms with Crippen molar-refractivity contribution in [3.8, 4) is 5.75 Å². The third-order valence-corrected chi connectivity index (χ3v) is 3.58. The Morgan fingerprint density at radius 3 is 2.86 bits per heavy atom. The number of esters is 1. The molecule has 22 heavy (non-hydrogen) atoms. The Bertz CT molecular complexity index is 731. The first-order valence-electron chi connectivity index (χ1n) is 7.11. The van der Waals surface area contributed by atoms with E-state index in [9.17, 15) is 9.59 Å². The summed E-state index contributed by atoms with van der Waals surface area (Å²) in [5, 5.41) is 14.1. The molecule has 2 heterocycles. The SMILES string of the molecule is CC(=O)Oc1cc(C(=O)O)cc2cnn(C3CCCCO3)c12. The third-order valence-electron chi connectivity index (χ3n) is 3.58. The van der Waals surface area contributed by atoms with Crippen LogP contribution in [0.25, 0.3) is 10.9 Å². The molecule has 1 aliphatic rings. The lowest BCUT2D eigenvalue weighted by Gasteiger charge is -2.24. The van der Waals surface area contributed by atoms with Gasteiger partial charge in [-0.3, -0.25) is 4.79 Å². The number of carboxylic acid groups (broad SMARTS) is 1. The van der Waals surface area contributed by atoms with Crippen molar-refractivity contribution in [1.82, 2.24) is 9.78 Å². The van der Waals surface area contributed by atoms with Crippen LogP contribution >= 0.6 is 0 Å². The Morgan fingerprint density at radius 2 is 2.23 bits per heavy atom. The molecule has 0 amide bonds. The fraction of sp³-hybridized carbons (Fsp3) is 0.400. The maximum absolute atomic E-state index is 11.3. The molecule has 0 aliphatic carbocycles. The molecule has 1 fully saturated rings. The first-order valence-corrected chi connectivity index (χ1v) is 7.11. The molecule has 1 unspecified atom stereocenters. The van der Waals surface area contributed by atoms with Gasteiger partial charge in [-0.25, -0.2) is 9.48 Å². The Balaban J connectivity index is 2.14. The molecule has 0 saturated carbocycles. The Morgan fingerprint density at radius 1 is 1.41 bits per heavy atom. The number of hydrogen-bond acceptors (Lipinski definition) is 5. The minimum atomic E-state index is -1.09. The van der Waals surface area contributed by atoms with Crippen LogP contribution in [0.3, 0.4) is 0 Å². The van der Waals surface area contributed by atoms with Gasteiger partial charge in [0.15, 0.2) is 12.0 Å². The van der Waals surface area contributed by atoms with Crippen LogP contribution in [-0.4, -0.2) is 33.4 Å². The van der Waals surface area contributed by atoms with Gasteiger partial charge in [-0.05, 0) is 31.4 Å². The zero-order chi connectivity index (χ0) is 15.7. The van der Waals surface area contributed by atoms with Gasteiger partial charge in [0, 0.05) is 18.9 Å². The van der Waals surface area contributed by atoms with Crippen molar-refractivity contribution in [3.63, 3.8) is 0 Å². The maximum Gasteiger partial charge on any atom is 0.335 e. The van der Waals surface area contributed by atoms with Crippen LogP contribution in [-0.2, 0) is 9.53 Å². The topological polar surface area (TPSA) is 90.7 Å². The molecule has 3 rings (SSSR count). The highest BCUT2D eigenvalue weighted by Crippen LogP contribution is 2.33. The minimum Gasteiger partial charge on any atom is -0.478 e. The van der Waals surface area contributed by atoms with Gasteiger partial charge < -0.3 is 14.6 Å². The zero-order valence-corrected chi connectivity index (χ0v) is 12.1. The maximum atomic E-state index is 11.3. The van der Waals surface area contributed by atoms with Crippen LogP contribution in [0.1, 0.15) is 42.8 Å². The first kappa shape index (κ1) is 14.5. The van der Waals surface area contributed by atoms with Crippen LogP contribution < -0.4 is 4.74 Å². The van der Waals surface area contributed by atoms with Crippen molar-refractivity contribution >= 4 is 22.8 Å². The lowest BCUT2D eigenvalue weighted by molar-refractivity contribution is -0.131. The molecule has 7 heteroatoms. The molecule has 1 atom stereocenters. The predicted molar refractivity (Wildman–Crippen MR) is 76.8 cm³/mol. The summed E-state index contributed by atoms with van der Waals surface area (Å²) in [4.78, 5) is 22.5. The molecule has 116 valence electrons. The lowest BCUT2D eigenvalue weighted by atomic mass is 10.1. The number of hydrogen-bond donors (Lipinski definition) is 1. The van der Waals surface area contributed by atoms with Crippen molar-refractivity contribution in [3.05, 3.63) is 23.9 Å². The Kier molecular flexibility index (Phi) is 3.81. The number of benzene rings is 1. The van der Waals surface area contributed by atoms with Gasteiger partial charge in [-0.15, -0.1) is 0 Å². The number of ether oxygens (including phenoxy) is 2. The quantitative estimate of drug-likeness (QED) is 0.691. The summed E-state index contributed by atoms with van der Waals surface area (Å²) in [6.07, 6.45) is 4.19. The number of rotatable bonds is 3. The summed E-state index contributed by atoms with van der Waals surface area (Å²) in [5.74, 6) is -1.41. The van der Waals surface area contributed by atoms with Gasteiger partial charge >= 0.3 is 11.9 Å². The van der Waals surface area contributed by atoms with E-state index in [1.807, 2.05) is 0 Å². The fourth-order valence-corrected chi connectivity index (χ4v) is 2.65. The summed E-state index contributed by atoms with van der Waals surface area (Å²) in [5.41, 5.74) is 0.625. The number of fused-ring (bicyclic) bond motifs is 1. The van der Waals surface area contributed by atoms with Gasteiger partial charge in [0.05, 0.1) is 11.8 Å². The number of aromatic nitrogens is 2. The molecular weight excluding hydrogens is 288 g/mol. The molecule has 0 radical (unpaired) electrons. The molecule has 1 aromatic heterocycles. The van der Waals surface area contributed by atoms with Crippen molar-refractivity contribution in [2.75, 3.05) is 6.61 Å². The number of carbonyl (C=O) groups excluding carboxylic acids is 1. The van der Waals surface area contributed by atoms with E-state index < -0.39 is 11.9 Å². The van der Waals surface area contributed by atoms with E-state index in [1.54, 1.807) is 10.9 Å². The predicted octanol–water partition coefficient (Wildman–Crippen LogP) is 2.36. The monoisotopic (exact) mass is 304 g/mol. The fourth-order valence-electron chi connectivity index (χ4n) is 2.65. The van der Waals surface area contributed by atoms with E-state index in [1.165, 1.54) is 19.1 Å². The number of aromatic carboxylic acids is 1. The smallest absolute Gasteiger partial charge is 0.335 e. The zero-order valence-electron chi connectivity index (χ0n) is 12.1. The standard InChI is InChI=1S/C15H16N2O5/c1-9(18)22-12-7-10(15(19)20)6-11-8-16-17(14(11)12)13-4-2-3-5-21-13/h6-8,13H,2-5H2,1H3,(H,19,20). The van der Waals surface area contributed by atoms with Crippen molar-refractivity contribution in [1.29, 1.82) is 0 Å². The molecule has 1 aliphatic heterocycles. The highest BCUT2D eigenvalue weighted by atomic mass is 16.5. The molecule has 1 N–H and O–H groups in total. The summed E-state index contributed by atoms with van der Waals surface area (Å²) in [7, 11) is 0. The van der Waals surface area contributed by atoms with E-state index in [0.717, 1.165) is 19.3 Å². The second kappa shape index (κ2) is 5.76. The van der Waals surface area contributed by atoms with Gasteiger partial charge in [-0.1, -0.05) is 0 Å². The van der Waals surface area contributed by atoms with Crippen molar-refractivity contribution in [2.45, 2.75) is 32.4 Å². The molecule has 0 bridgehead atoms. The average Bonchev–Trinajstić information content (AvgIpc) is 2.91. The first-order chi connectivity index (χ1) is 10.6. The van der Waals surface area contributed by atoms with Crippen LogP contribution in [0.4, 0.5) is 0 Å². The van der Waals surface area contributed by atoms with Crippen LogP contribution in [0, 0.1) is 0 Å². The van der Waals surface area contributed by atoms with E-state index in [-0.39, 0.29) is 17.5 Å². The molecule has 1 saturated heterocycles. The van der Waals surface area contributed by atoms with Crippen LogP contribution in [0.2, 0.25) is 0 Å². The van der Waals surface area contributed by atoms with Crippen molar-refractivity contribution in [2.24, 2.45) is 0 Å². The summed E-state index contributed by atoms with van der Waals surface area (Å²) in [6, 6.07) is 2.85. The minimum absolute atomic E-state index is 0.0489. The molecule has 1 aromatic carbocycles. The van der Waals surface area contributed by atoms with Crippen molar-refractivity contribution < 1.29 is 24.2 Å². The number of nitrogens with zero attached hydrogens (tertiary/aromatic N) is 2. The third kappa shape index (κ3) is 2.67. The molecule has 7 nitrogen and oxygen atoms in total. The second-order valence-corrected chi connectivity index (χ2v) is 5.22. The van der Waals surface area contributed by atoms with Gasteiger partial charge in [0.2, 0.25) is 0 Å². The lowest BCUT2D eigenvalue weighted by Crippen LogP contribution is -2.19. The normalized spacial score (nSPS) is 18.3. The molecule has 2 aromatic rings. The van der Waals surface area contributed by atoms with Gasteiger partial charge in [0.1, 0.15) is 5.52 Å². The van der Waals surface area contributed by atoms with Gasteiger partial charge in [-0.2, -0.15) is 5.10 Å². The second-order valence-electron chi connectivity index (χ2n) is 5.22. The number of carbonyl (C=O) groups is 2. The van der Waals surface area contributed by atoms with Gasteiger partial charge in [0.25, 0.3) is 0 Å². The number of carboxylic acids is 1. The molecule has 0 spiro atoms. The Labute approximate surface area is 126 Å². The largest absolute Gasteiger partial charge is 0.478 e. The van der Waals surface area contributed by atoms with Crippen LogP contribution in [0.15, 0.2) is 18.3 Å². The van der Waals surface area contributed by atoms with E-state index in [0.29, 0.717) is 17.5 Å². The summed E-state index contributed by atoms with van der Waals surface area (Å²) >= 11 is 0. The van der Waals surface area contributed by atoms with E-state index in [2.05, 4.69) is 5.10 Å². The van der Waals surface area contributed by atoms with Crippen LogP contribution in [0.5, 0.6) is 5.75 Å². The summed E-state index contributed by atoms with van der Waals surface area (Å²) < 4.78 is 12.6. The molecular formula is C15H16N2O5. The highest BCUT2D eigenvalue weighted by molar-refractivity contribution is 5.97. The average molecular weight is 304 g/mol. The van der Waals surface area contributed by atoms with E-state index in [4.69, 9.17) is 14.6 Å². The Hall–Kier alpha value is -2.41.